The number of hydrogen-bond donors (Lipinski definition) is 2. The summed E-state index contributed by atoms with van der Waals surface area (Å²) in [5.41, 5.74) is -0.781. The van der Waals surface area contributed by atoms with Crippen LogP contribution in [-0.4, -0.2) is 47.7 Å². The lowest BCUT2D eigenvalue weighted by Crippen LogP contribution is -2.51. The Balaban J connectivity index is 2.37. The Bertz CT molecular complexity index is 263. The van der Waals surface area contributed by atoms with E-state index in [2.05, 4.69) is 17.1 Å². The van der Waals surface area contributed by atoms with Crippen molar-refractivity contribution in [2.24, 2.45) is 5.92 Å². The van der Waals surface area contributed by atoms with Crippen LogP contribution < -0.4 is 5.32 Å². The number of rotatable bonds is 7. The molecule has 1 fully saturated rings. The number of nitrogens with one attached hydrogen (secondary N) is 1. The first-order valence-corrected chi connectivity index (χ1v) is 7.22. The minimum absolute atomic E-state index is 0.674. The van der Waals surface area contributed by atoms with Gasteiger partial charge in [-0.05, 0) is 51.7 Å². The van der Waals surface area contributed by atoms with Crippen LogP contribution in [0.1, 0.15) is 46.5 Å². The second-order valence-corrected chi connectivity index (χ2v) is 5.61. The van der Waals surface area contributed by atoms with Crippen LogP contribution in [0.5, 0.6) is 0 Å². The van der Waals surface area contributed by atoms with E-state index in [0.717, 1.165) is 25.6 Å². The van der Waals surface area contributed by atoms with Crippen LogP contribution >= 0.6 is 0 Å². The van der Waals surface area contributed by atoms with Crippen LogP contribution in [0.3, 0.4) is 0 Å². The molecule has 4 nitrogen and oxygen atoms in total. The molecule has 2 N–H and O–H groups in total. The number of aliphatic carboxylic acids is 1. The summed E-state index contributed by atoms with van der Waals surface area (Å²) in [5.74, 6) is 0.133. The van der Waals surface area contributed by atoms with Crippen molar-refractivity contribution >= 4 is 5.97 Å². The quantitative estimate of drug-likeness (QED) is 0.731. The molecule has 0 aromatic rings. The normalized spacial score (nSPS) is 21.7. The van der Waals surface area contributed by atoms with Crippen LogP contribution in [0.2, 0.25) is 0 Å². The molecule has 0 spiro atoms. The van der Waals surface area contributed by atoms with E-state index in [9.17, 15) is 9.90 Å². The highest BCUT2D eigenvalue weighted by molar-refractivity contribution is 5.78. The van der Waals surface area contributed by atoms with Gasteiger partial charge in [-0.25, -0.2) is 0 Å². The van der Waals surface area contributed by atoms with Crippen molar-refractivity contribution in [3.63, 3.8) is 0 Å². The third-order valence-electron chi connectivity index (χ3n) is 4.25. The molecule has 1 aliphatic heterocycles. The highest BCUT2D eigenvalue weighted by atomic mass is 16.4. The van der Waals surface area contributed by atoms with Gasteiger partial charge in [-0.15, -0.1) is 0 Å². The Labute approximate surface area is 111 Å². The van der Waals surface area contributed by atoms with E-state index < -0.39 is 11.5 Å². The van der Waals surface area contributed by atoms with Crippen LogP contribution in [0.15, 0.2) is 0 Å². The lowest BCUT2D eigenvalue weighted by molar-refractivity contribution is -0.144. The zero-order chi connectivity index (χ0) is 13.6. The molecule has 4 heteroatoms. The first-order valence-electron chi connectivity index (χ1n) is 7.22. The molecule has 1 heterocycles. The predicted octanol–water partition coefficient (Wildman–Crippen LogP) is 1.95. The Morgan fingerprint density at radius 1 is 1.39 bits per heavy atom. The van der Waals surface area contributed by atoms with E-state index in [-0.39, 0.29) is 0 Å². The monoisotopic (exact) mass is 256 g/mol. The van der Waals surface area contributed by atoms with Gasteiger partial charge in [0.2, 0.25) is 0 Å². The standard InChI is InChI=1S/C14H28N2O2/c1-4-12-6-9-16(10-7-12)11-8-14(3,13(17)18)15-5-2/h12,15H,4-11H2,1-3H3,(H,17,18). The smallest absolute Gasteiger partial charge is 0.323 e. The van der Waals surface area contributed by atoms with Gasteiger partial charge in [0.1, 0.15) is 5.54 Å². The van der Waals surface area contributed by atoms with Crippen molar-refractivity contribution in [3.8, 4) is 0 Å². The second-order valence-electron chi connectivity index (χ2n) is 5.61. The Hall–Kier alpha value is -0.610. The van der Waals surface area contributed by atoms with Gasteiger partial charge in [-0.3, -0.25) is 4.79 Å². The van der Waals surface area contributed by atoms with Crippen molar-refractivity contribution in [3.05, 3.63) is 0 Å². The molecule has 0 saturated carbocycles. The van der Waals surface area contributed by atoms with Gasteiger partial charge in [-0.1, -0.05) is 20.3 Å². The summed E-state index contributed by atoms with van der Waals surface area (Å²) < 4.78 is 0. The fourth-order valence-corrected chi connectivity index (χ4v) is 2.66. The fourth-order valence-electron chi connectivity index (χ4n) is 2.66. The molecule has 1 unspecified atom stereocenters. The molecule has 18 heavy (non-hydrogen) atoms. The molecule has 0 bridgehead atoms. The van der Waals surface area contributed by atoms with Crippen LogP contribution in [0, 0.1) is 5.92 Å². The van der Waals surface area contributed by atoms with Crippen molar-refractivity contribution in [1.82, 2.24) is 10.2 Å². The topological polar surface area (TPSA) is 52.6 Å². The Morgan fingerprint density at radius 3 is 2.44 bits per heavy atom. The summed E-state index contributed by atoms with van der Waals surface area (Å²) >= 11 is 0. The molecule has 1 saturated heterocycles. The maximum atomic E-state index is 11.3. The van der Waals surface area contributed by atoms with E-state index in [1.54, 1.807) is 6.92 Å². The zero-order valence-electron chi connectivity index (χ0n) is 12.0. The van der Waals surface area contributed by atoms with Gasteiger partial charge >= 0.3 is 5.97 Å². The summed E-state index contributed by atoms with van der Waals surface area (Å²) in [6.45, 7) is 9.83. The van der Waals surface area contributed by atoms with E-state index in [1.807, 2.05) is 6.92 Å². The summed E-state index contributed by atoms with van der Waals surface area (Å²) in [6, 6.07) is 0. The van der Waals surface area contributed by atoms with Gasteiger partial charge in [0.15, 0.2) is 0 Å². The molecule has 1 rings (SSSR count). The minimum Gasteiger partial charge on any atom is -0.480 e. The van der Waals surface area contributed by atoms with E-state index in [0.29, 0.717) is 13.0 Å². The van der Waals surface area contributed by atoms with Crippen molar-refractivity contribution in [2.75, 3.05) is 26.2 Å². The van der Waals surface area contributed by atoms with Crippen LogP contribution in [-0.2, 0) is 4.79 Å². The predicted molar refractivity (Wildman–Crippen MR) is 73.8 cm³/mol. The molecular formula is C14H28N2O2. The number of nitrogens with zero attached hydrogens (tertiary/aromatic N) is 1. The molecule has 106 valence electrons. The second kappa shape index (κ2) is 7.10. The third kappa shape index (κ3) is 4.25. The van der Waals surface area contributed by atoms with Gasteiger partial charge in [0.25, 0.3) is 0 Å². The SMILES string of the molecule is CCNC(C)(CCN1CCC(CC)CC1)C(=O)O. The average Bonchev–Trinajstić information content (AvgIpc) is 2.37. The lowest BCUT2D eigenvalue weighted by Gasteiger charge is -2.34. The minimum atomic E-state index is -0.781. The number of carboxylic acids is 1. The summed E-state index contributed by atoms with van der Waals surface area (Å²) in [4.78, 5) is 13.7. The highest BCUT2D eigenvalue weighted by Gasteiger charge is 2.32. The number of hydrogen-bond acceptors (Lipinski definition) is 3. The van der Waals surface area contributed by atoms with E-state index in [1.165, 1.54) is 19.3 Å². The molecule has 0 aromatic heterocycles. The van der Waals surface area contributed by atoms with Crippen LogP contribution in [0.25, 0.3) is 0 Å². The molecule has 0 aromatic carbocycles. The van der Waals surface area contributed by atoms with Gasteiger partial charge in [0.05, 0.1) is 0 Å². The Kier molecular flexibility index (Phi) is 6.09. The average molecular weight is 256 g/mol. The zero-order valence-corrected chi connectivity index (χ0v) is 12.0. The fraction of sp³-hybridized carbons (Fsp3) is 0.929. The maximum absolute atomic E-state index is 11.3. The van der Waals surface area contributed by atoms with Gasteiger partial charge in [0, 0.05) is 6.54 Å². The lowest BCUT2D eigenvalue weighted by atomic mass is 9.93. The Morgan fingerprint density at radius 2 is 2.00 bits per heavy atom. The number of carboxylic acid groups (broad SMARTS) is 1. The third-order valence-corrected chi connectivity index (χ3v) is 4.25. The van der Waals surface area contributed by atoms with Crippen molar-refractivity contribution < 1.29 is 9.90 Å². The largest absolute Gasteiger partial charge is 0.480 e. The molecule has 0 amide bonds. The highest BCUT2D eigenvalue weighted by Crippen LogP contribution is 2.21. The molecular weight excluding hydrogens is 228 g/mol. The number of likely N-dealkylation sites (tertiary alicyclic amines) is 1. The van der Waals surface area contributed by atoms with E-state index >= 15 is 0 Å². The molecule has 0 aliphatic carbocycles. The van der Waals surface area contributed by atoms with E-state index in [4.69, 9.17) is 0 Å². The molecule has 1 atom stereocenters. The summed E-state index contributed by atoms with van der Waals surface area (Å²) in [6.07, 6.45) is 4.48. The number of likely N-dealkylation sites (N-methyl/N-ethyl adjacent to an activating group) is 1. The summed E-state index contributed by atoms with van der Waals surface area (Å²) in [7, 11) is 0. The number of carbonyl (C=O) groups is 1. The maximum Gasteiger partial charge on any atom is 0.323 e. The molecule has 1 aliphatic rings. The summed E-state index contributed by atoms with van der Waals surface area (Å²) in [5, 5.41) is 12.4. The van der Waals surface area contributed by atoms with Gasteiger partial charge < -0.3 is 15.3 Å². The first kappa shape index (κ1) is 15.4. The first-order chi connectivity index (χ1) is 8.51. The van der Waals surface area contributed by atoms with Gasteiger partial charge in [-0.2, -0.15) is 0 Å². The van der Waals surface area contributed by atoms with Crippen molar-refractivity contribution in [2.45, 2.75) is 52.0 Å². The van der Waals surface area contributed by atoms with Crippen LogP contribution in [0.4, 0.5) is 0 Å². The number of piperidine rings is 1. The molecule has 0 radical (unpaired) electrons. The van der Waals surface area contributed by atoms with Crippen molar-refractivity contribution in [1.29, 1.82) is 0 Å².